The van der Waals surface area contributed by atoms with E-state index in [1.54, 1.807) is 7.11 Å². The van der Waals surface area contributed by atoms with Crippen LogP contribution in [0, 0.1) is 5.92 Å². The first kappa shape index (κ1) is 21.0. The van der Waals surface area contributed by atoms with Gasteiger partial charge in [-0.05, 0) is 55.0 Å². The molecule has 1 unspecified atom stereocenters. The molecule has 0 spiro atoms. The number of nitrogens with zero attached hydrogens (tertiary/aromatic N) is 1. The first-order chi connectivity index (χ1) is 14.2. The van der Waals surface area contributed by atoms with E-state index in [9.17, 15) is 9.90 Å². The van der Waals surface area contributed by atoms with Gasteiger partial charge in [0, 0.05) is 19.6 Å². The molecule has 1 aliphatic heterocycles. The molecule has 0 bridgehead atoms. The van der Waals surface area contributed by atoms with Gasteiger partial charge in [0.1, 0.15) is 11.5 Å². The van der Waals surface area contributed by atoms with Crippen molar-refractivity contribution in [2.24, 2.45) is 5.92 Å². The van der Waals surface area contributed by atoms with Crippen LogP contribution < -0.4 is 14.8 Å². The lowest BCUT2D eigenvalue weighted by molar-refractivity contribution is 0.0665. The summed E-state index contributed by atoms with van der Waals surface area (Å²) in [6.45, 7) is 2.45. The molecule has 29 heavy (non-hydrogen) atoms. The largest absolute Gasteiger partial charge is 0.497 e. The molecule has 2 N–H and O–H groups in total. The minimum Gasteiger partial charge on any atom is -0.497 e. The number of aliphatic hydroxyl groups is 1. The van der Waals surface area contributed by atoms with Gasteiger partial charge in [0.2, 0.25) is 0 Å². The Morgan fingerprint density at radius 3 is 2.41 bits per heavy atom. The molecule has 3 rings (SSSR count). The number of hydrogen-bond donors (Lipinski definition) is 2. The second-order valence-electron chi connectivity index (χ2n) is 7.29. The van der Waals surface area contributed by atoms with Crippen molar-refractivity contribution in [3.8, 4) is 11.5 Å². The zero-order valence-electron chi connectivity index (χ0n) is 16.9. The maximum absolute atomic E-state index is 12.3. The molecule has 2 aromatic carbocycles. The zero-order valence-corrected chi connectivity index (χ0v) is 16.9. The van der Waals surface area contributed by atoms with Crippen molar-refractivity contribution in [1.29, 1.82) is 0 Å². The number of methoxy groups -OCH3 is 1. The number of urea groups is 1. The number of carbonyl (C=O) groups is 1. The second-order valence-corrected chi connectivity index (χ2v) is 7.29. The Kier molecular flexibility index (Phi) is 7.76. The number of benzene rings is 2. The average Bonchev–Trinajstić information content (AvgIpc) is 2.79. The zero-order chi connectivity index (χ0) is 20.5. The summed E-state index contributed by atoms with van der Waals surface area (Å²) in [5.41, 5.74) is 0.951. The van der Waals surface area contributed by atoms with Crippen molar-refractivity contribution < 1.29 is 19.4 Å². The van der Waals surface area contributed by atoms with Gasteiger partial charge in [-0.3, -0.25) is 0 Å². The first-order valence-corrected chi connectivity index (χ1v) is 10.2. The second kappa shape index (κ2) is 10.7. The summed E-state index contributed by atoms with van der Waals surface area (Å²) >= 11 is 0. The van der Waals surface area contributed by atoms with E-state index >= 15 is 0 Å². The number of likely N-dealkylation sites (tertiary alicyclic amines) is 1. The van der Waals surface area contributed by atoms with E-state index in [2.05, 4.69) is 5.32 Å². The van der Waals surface area contributed by atoms with E-state index < -0.39 is 6.10 Å². The lowest BCUT2D eigenvalue weighted by atomic mass is 9.87. The van der Waals surface area contributed by atoms with Crippen molar-refractivity contribution in [2.75, 3.05) is 33.4 Å². The van der Waals surface area contributed by atoms with Crippen LogP contribution in [0.5, 0.6) is 11.5 Å². The Hall–Kier alpha value is -2.73. The molecule has 0 aromatic heterocycles. The van der Waals surface area contributed by atoms with Gasteiger partial charge >= 0.3 is 6.03 Å². The Bertz CT molecular complexity index is 743. The summed E-state index contributed by atoms with van der Waals surface area (Å²) in [6, 6.07) is 17.2. The monoisotopic (exact) mass is 398 g/mol. The third-order valence-electron chi connectivity index (χ3n) is 5.34. The number of amides is 2. The summed E-state index contributed by atoms with van der Waals surface area (Å²) in [5.74, 6) is 1.78. The molecule has 1 heterocycles. The smallest absolute Gasteiger partial charge is 0.317 e. The molecule has 6 heteroatoms. The van der Waals surface area contributed by atoms with E-state index in [4.69, 9.17) is 9.47 Å². The molecule has 2 aromatic rings. The van der Waals surface area contributed by atoms with Gasteiger partial charge in [-0.15, -0.1) is 0 Å². The van der Waals surface area contributed by atoms with E-state index in [1.165, 1.54) is 0 Å². The van der Waals surface area contributed by atoms with Crippen molar-refractivity contribution in [3.05, 3.63) is 60.2 Å². The van der Waals surface area contributed by atoms with Gasteiger partial charge in [0.05, 0.1) is 19.8 Å². The minimum atomic E-state index is -0.462. The molecule has 0 radical (unpaired) electrons. The molecule has 6 nitrogen and oxygen atoms in total. The van der Waals surface area contributed by atoms with E-state index in [0.29, 0.717) is 26.2 Å². The quantitative estimate of drug-likeness (QED) is 0.667. The van der Waals surface area contributed by atoms with Gasteiger partial charge in [-0.2, -0.15) is 0 Å². The SMILES string of the molecule is COc1ccc(OCCCNC(=O)N2CCC(C(O)c3ccccc3)CC2)cc1. The number of aliphatic hydroxyl groups excluding tert-OH is 1. The molecule has 0 saturated carbocycles. The van der Waals surface area contributed by atoms with Gasteiger partial charge in [0.15, 0.2) is 0 Å². The summed E-state index contributed by atoms with van der Waals surface area (Å²) < 4.78 is 10.8. The van der Waals surface area contributed by atoms with E-state index in [-0.39, 0.29) is 11.9 Å². The third-order valence-corrected chi connectivity index (χ3v) is 5.34. The van der Waals surface area contributed by atoms with Crippen LogP contribution in [-0.4, -0.2) is 49.4 Å². The Morgan fingerprint density at radius 1 is 1.10 bits per heavy atom. The predicted molar refractivity (Wildman–Crippen MR) is 112 cm³/mol. The van der Waals surface area contributed by atoms with Crippen LogP contribution in [0.1, 0.15) is 30.9 Å². The summed E-state index contributed by atoms with van der Waals surface area (Å²) in [5, 5.41) is 13.5. The van der Waals surface area contributed by atoms with Crippen molar-refractivity contribution >= 4 is 6.03 Å². The molecular formula is C23H30N2O4. The van der Waals surface area contributed by atoms with Crippen LogP contribution in [0.3, 0.4) is 0 Å². The van der Waals surface area contributed by atoms with Crippen molar-refractivity contribution in [3.63, 3.8) is 0 Å². The Balaban J connectivity index is 1.31. The number of hydrogen-bond acceptors (Lipinski definition) is 4. The normalized spacial score (nSPS) is 15.6. The molecule has 2 amide bonds. The van der Waals surface area contributed by atoms with Crippen molar-refractivity contribution in [2.45, 2.75) is 25.4 Å². The predicted octanol–water partition coefficient (Wildman–Crippen LogP) is 3.62. The van der Waals surface area contributed by atoms with Gasteiger partial charge in [-0.1, -0.05) is 30.3 Å². The first-order valence-electron chi connectivity index (χ1n) is 10.2. The number of piperidine rings is 1. The van der Waals surface area contributed by atoms with Crippen LogP contribution >= 0.6 is 0 Å². The highest BCUT2D eigenvalue weighted by molar-refractivity contribution is 5.74. The molecule has 0 aliphatic carbocycles. The molecule has 1 saturated heterocycles. The maximum atomic E-state index is 12.3. The van der Waals surface area contributed by atoms with Gasteiger partial charge in [0.25, 0.3) is 0 Å². The van der Waals surface area contributed by atoms with Gasteiger partial charge < -0.3 is 24.8 Å². The summed E-state index contributed by atoms with van der Waals surface area (Å²) in [7, 11) is 1.63. The maximum Gasteiger partial charge on any atom is 0.317 e. The molecular weight excluding hydrogens is 368 g/mol. The van der Waals surface area contributed by atoms with Gasteiger partial charge in [-0.25, -0.2) is 4.79 Å². The topological polar surface area (TPSA) is 71.0 Å². The fraction of sp³-hybridized carbons (Fsp3) is 0.435. The van der Waals surface area contributed by atoms with Crippen LogP contribution in [0.25, 0.3) is 0 Å². The summed E-state index contributed by atoms with van der Waals surface area (Å²) in [6.07, 6.45) is 1.89. The number of rotatable bonds is 8. The highest BCUT2D eigenvalue weighted by atomic mass is 16.5. The van der Waals surface area contributed by atoms with Crippen molar-refractivity contribution in [1.82, 2.24) is 10.2 Å². The number of ether oxygens (including phenoxy) is 2. The lowest BCUT2D eigenvalue weighted by Gasteiger charge is -2.34. The van der Waals surface area contributed by atoms with Crippen LogP contribution in [0.4, 0.5) is 4.79 Å². The number of nitrogens with one attached hydrogen (secondary N) is 1. The fourth-order valence-corrected chi connectivity index (χ4v) is 3.58. The molecule has 156 valence electrons. The molecule has 1 fully saturated rings. The highest BCUT2D eigenvalue weighted by Crippen LogP contribution is 2.30. The Labute approximate surface area is 172 Å². The standard InChI is InChI=1S/C23H30N2O4/c1-28-20-8-10-21(11-9-20)29-17-5-14-24-23(27)25-15-12-19(13-16-25)22(26)18-6-3-2-4-7-18/h2-4,6-11,19,22,26H,5,12-17H2,1H3,(H,24,27). The third kappa shape index (κ3) is 6.12. The van der Waals surface area contributed by atoms with Crippen LogP contribution in [0.2, 0.25) is 0 Å². The highest BCUT2D eigenvalue weighted by Gasteiger charge is 2.28. The van der Waals surface area contributed by atoms with E-state index in [0.717, 1.165) is 36.3 Å². The fourth-order valence-electron chi connectivity index (χ4n) is 3.58. The molecule has 1 aliphatic rings. The Morgan fingerprint density at radius 2 is 1.76 bits per heavy atom. The van der Waals surface area contributed by atoms with Crippen LogP contribution in [0.15, 0.2) is 54.6 Å². The lowest BCUT2D eigenvalue weighted by Crippen LogP contribution is -2.45. The average molecular weight is 399 g/mol. The van der Waals surface area contributed by atoms with Crippen LogP contribution in [-0.2, 0) is 0 Å². The number of carbonyl (C=O) groups excluding carboxylic acids is 1. The van der Waals surface area contributed by atoms with E-state index in [1.807, 2.05) is 59.5 Å². The summed E-state index contributed by atoms with van der Waals surface area (Å²) in [4.78, 5) is 14.2. The molecule has 1 atom stereocenters. The minimum absolute atomic E-state index is 0.0397.